The maximum Gasteiger partial charge on any atom is 0.416 e. The predicted molar refractivity (Wildman–Crippen MR) is 108 cm³/mol. The molecule has 0 unspecified atom stereocenters. The Kier molecular flexibility index (Phi) is 6.72. The standard InChI is InChI=1S/C22H23F3N2O4/c1-30-18-10-15(11-19(13-18)31-2)21(29)27-8-6-14(7-9-27)20(28)26-17-5-3-4-16(12-17)22(23,24)25/h3-5,10-14H,6-9H2,1-2H3,(H,26,28). The number of likely N-dealkylation sites (tertiary alicyclic amines) is 1. The summed E-state index contributed by atoms with van der Waals surface area (Å²) in [4.78, 5) is 27.0. The Morgan fingerprint density at radius 2 is 1.61 bits per heavy atom. The maximum atomic E-state index is 12.8. The Bertz CT molecular complexity index is 932. The molecule has 1 aliphatic rings. The van der Waals surface area contributed by atoms with E-state index in [-0.39, 0.29) is 17.5 Å². The molecule has 166 valence electrons. The first-order chi connectivity index (χ1) is 14.7. The summed E-state index contributed by atoms with van der Waals surface area (Å²) in [6, 6.07) is 9.44. The molecule has 2 amide bonds. The number of nitrogens with one attached hydrogen (secondary N) is 1. The highest BCUT2D eigenvalue weighted by Gasteiger charge is 2.31. The average Bonchev–Trinajstić information content (AvgIpc) is 2.77. The lowest BCUT2D eigenvalue weighted by Gasteiger charge is -2.31. The molecule has 1 aliphatic heterocycles. The molecular weight excluding hydrogens is 413 g/mol. The van der Waals surface area contributed by atoms with Crippen molar-refractivity contribution >= 4 is 17.5 Å². The number of anilines is 1. The molecule has 3 rings (SSSR count). The molecule has 9 heteroatoms. The summed E-state index contributed by atoms with van der Waals surface area (Å²) in [6.45, 7) is 0.720. The first kappa shape index (κ1) is 22.5. The van der Waals surface area contributed by atoms with Crippen molar-refractivity contribution < 1.29 is 32.2 Å². The van der Waals surface area contributed by atoms with Gasteiger partial charge in [-0.1, -0.05) is 6.07 Å². The van der Waals surface area contributed by atoms with Gasteiger partial charge in [0, 0.05) is 36.3 Å². The van der Waals surface area contributed by atoms with Crippen LogP contribution in [0.3, 0.4) is 0 Å². The molecule has 0 radical (unpaired) electrons. The minimum Gasteiger partial charge on any atom is -0.497 e. The van der Waals surface area contributed by atoms with Gasteiger partial charge in [-0.05, 0) is 43.2 Å². The largest absolute Gasteiger partial charge is 0.497 e. The molecule has 2 aromatic rings. The highest BCUT2D eigenvalue weighted by Crippen LogP contribution is 2.31. The summed E-state index contributed by atoms with van der Waals surface area (Å²) < 4.78 is 48.9. The predicted octanol–water partition coefficient (Wildman–Crippen LogP) is 4.21. The van der Waals surface area contributed by atoms with Crippen LogP contribution in [0.25, 0.3) is 0 Å². The van der Waals surface area contributed by atoms with Crippen LogP contribution < -0.4 is 14.8 Å². The molecule has 0 saturated carbocycles. The summed E-state index contributed by atoms with van der Waals surface area (Å²) in [6.07, 6.45) is -3.65. The second-order valence-electron chi connectivity index (χ2n) is 7.24. The van der Waals surface area contributed by atoms with E-state index in [1.807, 2.05) is 0 Å². The fourth-order valence-corrected chi connectivity index (χ4v) is 3.48. The molecule has 0 bridgehead atoms. The van der Waals surface area contributed by atoms with Crippen molar-refractivity contribution in [2.45, 2.75) is 19.0 Å². The van der Waals surface area contributed by atoms with Gasteiger partial charge in [0.1, 0.15) is 11.5 Å². The zero-order valence-corrected chi connectivity index (χ0v) is 17.2. The first-order valence-corrected chi connectivity index (χ1v) is 9.71. The number of halogens is 3. The lowest BCUT2D eigenvalue weighted by atomic mass is 9.95. The summed E-state index contributed by atoms with van der Waals surface area (Å²) in [5.74, 6) is 0.0537. The van der Waals surface area contributed by atoms with E-state index in [4.69, 9.17) is 9.47 Å². The number of hydrogen-bond donors (Lipinski definition) is 1. The number of carbonyl (C=O) groups is 2. The number of ether oxygens (including phenoxy) is 2. The Hall–Kier alpha value is -3.23. The number of hydrogen-bond acceptors (Lipinski definition) is 4. The third-order valence-corrected chi connectivity index (χ3v) is 5.21. The molecular formula is C22H23F3N2O4. The van der Waals surface area contributed by atoms with Crippen LogP contribution in [-0.4, -0.2) is 44.0 Å². The minimum atomic E-state index is -4.48. The van der Waals surface area contributed by atoms with E-state index in [0.717, 1.165) is 12.1 Å². The second-order valence-corrected chi connectivity index (χ2v) is 7.24. The summed E-state index contributed by atoms with van der Waals surface area (Å²) >= 11 is 0. The molecule has 0 aliphatic carbocycles. The van der Waals surface area contributed by atoms with Crippen molar-refractivity contribution in [2.75, 3.05) is 32.6 Å². The van der Waals surface area contributed by atoms with Crippen LogP contribution in [0, 0.1) is 5.92 Å². The molecule has 1 N–H and O–H groups in total. The van der Waals surface area contributed by atoms with Crippen molar-refractivity contribution in [3.63, 3.8) is 0 Å². The lowest BCUT2D eigenvalue weighted by molar-refractivity contribution is -0.137. The van der Waals surface area contributed by atoms with Crippen LogP contribution in [0.15, 0.2) is 42.5 Å². The maximum absolute atomic E-state index is 12.8. The van der Waals surface area contributed by atoms with Crippen LogP contribution in [-0.2, 0) is 11.0 Å². The number of methoxy groups -OCH3 is 2. The van der Waals surface area contributed by atoms with Crippen molar-refractivity contribution in [1.29, 1.82) is 0 Å². The van der Waals surface area contributed by atoms with Crippen LogP contribution in [0.5, 0.6) is 11.5 Å². The normalized spacial score (nSPS) is 14.8. The van der Waals surface area contributed by atoms with Gasteiger partial charge in [-0.15, -0.1) is 0 Å². The number of piperidine rings is 1. The van der Waals surface area contributed by atoms with Crippen LogP contribution >= 0.6 is 0 Å². The van der Waals surface area contributed by atoms with Crippen LogP contribution in [0.2, 0.25) is 0 Å². The van der Waals surface area contributed by atoms with Gasteiger partial charge in [-0.25, -0.2) is 0 Å². The highest BCUT2D eigenvalue weighted by molar-refractivity contribution is 5.96. The van der Waals surface area contributed by atoms with Crippen molar-refractivity contribution in [1.82, 2.24) is 4.90 Å². The molecule has 6 nitrogen and oxygen atoms in total. The minimum absolute atomic E-state index is 0.0989. The Balaban J connectivity index is 1.60. The van der Waals surface area contributed by atoms with E-state index in [1.54, 1.807) is 23.1 Å². The molecule has 0 aromatic heterocycles. The topological polar surface area (TPSA) is 67.9 Å². The third-order valence-electron chi connectivity index (χ3n) is 5.21. The van der Waals surface area contributed by atoms with Crippen LogP contribution in [0.4, 0.5) is 18.9 Å². The summed E-state index contributed by atoms with van der Waals surface area (Å²) in [5, 5.41) is 2.55. The van der Waals surface area contributed by atoms with E-state index in [1.165, 1.54) is 26.4 Å². The Labute approximate surface area is 177 Å². The quantitative estimate of drug-likeness (QED) is 0.763. The van der Waals surface area contributed by atoms with Gasteiger partial charge in [-0.2, -0.15) is 13.2 Å². The van der Waals surface area contributed by atoms with E-state index in [0.29, 0.717) is 43.0 Å². The molecule has 2 aromatic carbocycles. The van der Waals surface area contributed by atoms with Gasteiger partial charge in [0.25, 0.3) is 5.91 Å². The zero-order valence-electron chi connectivity index (χ0n) is 17.2. The van der Waals surface area contributed by atoms with Crippen molar-refractivity contribution in [3.8, 4) is 11.5 Å². The Morgan fingerprint density at radius 3 is 2.16 bits per heavy atom. The smallest absolute Gasteiger partial charge is 0.416 e. The first-order valence-electron chi connectivity index (χ1n) is 9.71. The molecule has 0 spiro atoms. The fourth-order valence-electron chi connectivity index (χ4n) is 3.48. The van der Waals surface area contributed by atoms with Gasteiger partial charge >= 0.3 is 6.18 Å². The average molecular weight is 436 g/mol. The van der Waals surface area contributed by atoms with Gasteiger partial charge in [0.15, 0.2) is 0 Å². The number of alkyl halides is 3. The summed E-state index contributed by atoms with van der Waals surface area (Å²) in [7, 11) is 3.00. The Morgan fingerprint density at radius 1 is 1.00 bits per heavy atom. The molecule has 1 fully saturated rings. The zero-order chi connectivity index (χ0) is 22.6. The summed E-state index contributed by atoms with van der Waals surface area (Å²) in [5.41, 5.74) is -0.302. The molecule has 1 heterocycles. The fraction of sp³-hybridized carbons (Fsp3) is 0.364. The van der Waals surface area contributed by atoms with E-state index in [2.05, 4.69) is 5.32 Å². The van der Waals surface area contributed by atoms with Gasteiger partial charge in [0.05, 0.1) is 19.8 Å². The van der Waals surface area contributed by atoms with Gasteiger partial charge < -0.3 is 19.7 Å². The van der Waals surface area contributed by atoms with Gasteiger partial charge in [-0.3, -0.25) is 9.59 Å². The van der Waals surface area contributed by atoms with Crippen molar-refractivity contribution in [3.05, 3.63) is 53.6 Å². The number of nitrogens with zero attached hydrogens (tertiary/aromatic N) is 1. The van der Waals surface area contributed by atoms with E-state index in [9.17, 15) is 22.8 Å². The number of carbonyl (C=O) groups excluding carboxylic acids is 2. The van der Waals surface area contributed by atoms with Crippen molar-refractivity contribution in [2.24, 2.45) is 5.92 Å². The SMILES string of the molecule is COc1cc(OC)cc(C(=O)N2CCC(C(=O)Nc3cccc(C(F)(F)F)c3)CC2)c1. The molecule has 31 heavy (non-hydrogen) atoms. The molecule has 1 saturated heterocycles. The second kappa shape index (κ2) is 9.28. The lowest BCUT2D eigenvalue weighted by Crippen LogP contribution is -2.41. The van der Waals surface area contributed by atoms with E-state index < -0.39 is 17.7 Å². The number of amides is 2. The van der Waals surface area contributed by atoms with Crippen LogP contribution in [0.1, 0.15) is 28.8 Å². The number of rotatable bonds is 5. The van der Waals surface area contributed by atoms with E-state index >= 15 is 0 Å². The number of benzene rings is 2. The van der Waals surface area contributed by atoms with Gasteiger partial charge in [0.2, 0.25) is 5.91 Å². The third kappa shape index (κ3) is 5.48. The molecule has 0 atom stereocenters. The highest BCUT2D eigenvalue weighted by atomic mass is 19.4. The monoisotopic (exact) mass is 436 g/mol.